The van der Waals surface area contributed by atoms with Crippen LogP contribution in [0.4, 0.5) is 18.0 Å². The second kappa shape index (κ2) is 7.72. The van der Waals surface area contributed by atoms with E-state index in [4.69, 9.17) is 0 Å². The van der Waals surface area contributed by atoms with Gasteiger partial charge in [-0.3, -0.25) is 14.9 Å². The second-order valence-electron chi connectivity index (χ2n) is 7.87. The van der Waals surface area contributed by atoms with Crippen LogP contribution < -0.4 is 16.0 Å². The number of imide groups is 1. The molecule has 4 rings (SSSR count). The van der Waals surface area contributed by atoms with Crippen LogP contribution >= 0.6 is 0 Å². The maximum atomic E-state index is 12.9. The molecule has 3 N–H and O–H groups in total. The molecule has 2 aromatic carbocycles. The van der Waals surface area contributed by atoms with Crippen molar-refractivity contribution in [2.75, 3.05) is 6.54 Å². The molecule has 0 unspecified atom stereocenters. The molecule has 1 aliphatic heterocycles. The molecule has 6 nitrogen and oxygen atoms in total. The highest BCUT2D eigenvalue weighted by Crippen LogP contribution is 2.41. The first-order valence-electron chi connectivity index (χ1n) is 9.85. The quantitative estimate of drug-likeness (QED) is 0.614. The minimum Gasteiger partial charge on any atom is -0.349 e. The van der Waals surface area contributed by atoms with Crippen LogP contribution in [0.3, 0.4) is 0 Å². The van der Waals surface area contributed by atoms with E-state index in [2.05, 4.69) is 16.0 Å². The number of carbonyl (C=O) groups is 3. The van der Waals surface area contributed by atoms with Gasteiger partial charge in [-0.15, -0.1) is 0 Å². The first kappa shape index (κ1) is 20.9. The minimum atomic E-state index is -4.29. The molecule has 2 aromatic rings. The Hall–Kier alpha value is -3.36. The van der Waals surface area contributed by atoms with E-state index in [0.29, 0.717) is 16.7 Å². The molecule has 162 valence electrons. The van der Waals surface area contributed by atoms with Crippen LogP contribution in [0, 0.1) is 5.92 Å². The van der Waals surface area contributed by atoms with Crippen molar-refractivity contribution in [2.24, 2.45) is 5.92 Å². The Morgan fingerprint density at radius 2 is 1.74 bits per heavy atom. The molecule has 31 heavy (non-hydrogen) atoms. The SMILES string of the molecule is O=C1NC(=O)[C@](CNC(=O)c2ccccc2-c2ccc(CC(F)(F)F)cc2)(C2CC2)N1. The van der Waals surface area contributed by atoms with Gasteiger partial charge in [-0.1, -0.05) is 42.5 Å². The number of alkyl halides is 3. The standard InChI is InChI=1S/C22H20F3N3O3/c23-22(24,25)11-13-5-7-14(8-6-13)16-3-1-2-4-17(16)18(29)26-12-21(15-9-10-15)19(30)27-20(31)28-21/h1-8,15H,9-12H2,(H,26,29)(H2,27,28,30,31)/t21-/m0/s1. The fourth-order valence-corrected chi connectivity index (χ4v) is 3.92. The maximum absolute atomic E-state index is 12.9. The summed E-state index contributed by atoms with van der Waals surface area (Å²) in [6.07, 6.45) is -3.75. The van der Waals surface area contributed by atoms with Crippen molar-refractivity contribution in [3.05, 3.63) is 59.7 Å². The van der Waals surface area contributed by atoms with Crippen LogP contribution in [0.5, 0.6) is 0 Å². The van der Waals surface area contributed by atoms with Crippen LogP contribution in [0.25, 0.3) is 11.1 Å². The van der Waals surface area contributed by atoms with E-state index in [9.17, 15) is 27.6 Å². The van der Waals surface area contributed by atoms with Crippen molar-refractivity contribution in [2.45, 2.75) is 31.0 Å². The van der Waals surface area contributed by atoms with Crippen molar-refractivity contribution in [1.82, 2.24) is 16.0 Å². The minimum absolute atomic E-state index is 0.0318. The summed E-state index contributed by atoms with van der Waals surface area (Å²) in [5.74, 6) is -0.923. The number of hydrogen-bond acceptors (Lipinski definition) is 3. The lowest BCUT2D eigenvalue weighted by Crippen LogP contribution is -2.57. The number of halogens is 3. The van der Waals surface area contributed by atoms with E-state index in [1.54, 1.807) is 36.4 Å². The molecule has 1 heterocycles. The third-order valence-electron chi connectivity index (χ3n) is 5.61. The first-order chi connectivity index (χ1) is 14.7. The van der Waals surface area contributed by atoms with Crippen LogP contribution in [-0.4, -0.2) is 36.1 Å². The second-order valence-corrected chi connectivity index (χ2v) is 7.87. The summed E-state index contributed by atoms with van der Waals surface area (Å²) in [4.78, 5) is 36.9. The number of amides is 4. The number of benzene rings is 2. The number of hydrogen-bond donors (Lipinski definition) is 3. The third-order valence-corrected chi connectivity index (χ3v) is 5.61. The Kier molecular flexibility index (Phi) is 5.20. The largest absolute Gasteiger partial charge is 0.393 e. The van der Waals surface area contributed by atoms with E-state index in [1.165, 1.54) is 12.1 Å². The molecule has 1 atom stereocenters. The summed E-state index contributed by atoms with van der Waals surface area (Å²) in [6.45, 7) is -0.0487. The molecule has 0 aromatic heterocycles. The van der Waals surface area contributed by atoms with E-state index in [-0.39, 0.29) is 18.0 Å². The molecule has 1 aliphatic carbocycles. The summed E-state index contributed by atoms with van der Waals surface area (Å²) >= 11 is 0. The van der Waals surface area contributed by atoms with Gasteiger partial charge in [0.1, 0.15) is 5.54 Å². The lowest BCUT2D eigenvalue weighted by atomic mass is 9.92. The number of carbonyl (C=O) groups excluding carboxylic acids is 3. The predicted octanol–water partition coefficient (Wildman–Crippen LogP) is 3.18. The Morgan fingerprint density at radius 3 is 2.32 bits per heavy atom. The van der Waals surface area contributed by atoms with Gasteiger partial charge in [-0.05, 0) is 41.5 Å². The molecule has 9 heteroatoms. The highest BCUT2D eigenvalue weighted by molar-refractivity contribution is 6.08. The highest BCUT2D eigenvalue weighted by atomic mass is 19.4. The van der Waals surface area contributed by atoms with Gasteiger partial charge in [0.05, 0.1) is 13.0 Å². The topological polar surface area (TPSA) is 87.3 Å². The van der Waals surface area contributed by atoms with Crippen LogP contribution in [0.2, 0.25) is 0 Å². The van der Waals surface area contributed by atoms with Gasteiger partial charge < -0.3 is 10.6 Å². The first-order valence-corrected chi connectivity index (χ1v) is 9.85. The predicted molar refractivity (Wildman–Crippen MR) is 106 cm³/mol. The van der Waals surface area contributed by atoms with Crippen molar-refractivity contribution in [3.8, 4) is 11.1 Å². The van der Waals surface area contributed by atoms with Crippen LogP contribution in [0.15, 0.2) is 48.5 Å². The van der Waals surface area contributed by atoms with E-state index in [0.717, 1.165) is 12.8 Å². The highest BCUT2D eigenvalue weighted by Gasteiger charge is 2.56. The fourth-order valence-electron chi connectivity index (χ4n) is 3.92. The van der Waals surface area contributed by atoms with Crippen LogP contribution in [-0.2, 0) is 11.2 Å². The zero-order valence-corrected chi connectivity index (χ0v) is 16.4. The van der Waals surface area contributed by atoms with Gasteiger partial charge >= 0.3 is 12.2 Å². The number of urea groups is 1. The van der Waals surface area contributed by atoms with Crippen LogP contribution in [0.1, 0.15) is 28.8 Å². The molecule has 2 aliphatic rings. The molecule has 0 spiro atoms. The molecule has 4 amide bonds. The molecule has 1 saturated heterocycles. The lowest BCUT2D eigenvalue weighted by Gasteiger charge is -2.26. The van der Waals surface area contributed by atoms with Gasteiger partial charge in [0, 0.05) is 5.56 Å². The Morgan fingerprint density at radius 1 is 1.06 bits per heavy atom. The third kappa shape index (κ3) is 4.40. The van der Waals surface area contributed by atoms with E-state index < -0.39 is 36.0 Å². The lowest BCUT2D eigenvalue weighted by molar-refractivity contribution is -0.127. The molecule has 0 radical (unpaired) electrons. The molecule has 0 bridgehead atoms. The number of rotatable bonds is 6. The average molecular weight is 431 g/mol. The normalized spacial score (nSPS) is 20.9. The Bertz CT molecular complexity index is 1030. The van der Waals surface area contributed by atoms with E-state index in [1.807, 2.05) is 0 Å². The van der Waals surface area contributed by atoms with Gasteiger partial charge in [0.2, 0.25) is 0 Å². The fraction of sp³-hybridized carbons (Fsp3) is 0.318. The zero-order valence-electron chi connectivity index (χ0n) is 16.4. The smallest absolute Gasteiger partial charge is 0.349 e. The number of nitrogens with one attached hydrogen (secondary N) is 3. The summed E-state index contributed by atoms with van der Waals surface area (Å²) in [5, 5.41) is 7.62. The molecule has 1 saturated carbocycles. The Labute approximate surface area is 176 Å². The summed E-state index contributed by atoms with van der Waals surface area (Å²) in [7, 11) is 0. The molecular formula is C22H20F3N3O3. The van der Waals surface area contributed by atoms with Crippen molar-refractivity contribution < 1.29 is 27.6 Å². The zero-order chi connectivity index (χ0) is 22.2. The van der Waals surface area contributed by atoms with Gasteiger partial charge in [0.15, 0.2) is 0 Å². The van der Waals surface area contributed by atoms with Gasteiger partial charge in [-0.2, -0.15) is 13.2 Å². The molecule has 2 fully saturated rings. The van der Waals surface area contributed by atoms with E-state index >= 15 is 0 Å². The van der Waals surface area contributed by atoms with Crippen molar-refractivity contribution in [1.29, 1.82) is 0 Å². The average Bonchev–Trinajstić information content (AvgIpc) is 3.52. The summed E-state index contributed by atoms with van der Waals surface area (Å²) < 4.78 is 37.8. The summed E-state index contributed by atoms with van der Waals surface area (Å²) in [5.41, 5.74) is 0.453. The van der Waals surface area contributed by atoms with Gasteiger partial charge in [0.25, 0.3) is 11.8 Å². The van der Waals surface area contributed by atoms with Gasteiger partial charge in [-0.25, -0.2) is 4.79 Å². The summed E-state index contributed by atoms with van der Waals surface area (Å²) in [6, 6.07) is 12.0. The monoisotopic (exact) mass is 431 g/mol. The molecular weight excluding hydrogens is 411 g/mol. The Balaban J connectivity index is 1.52. The van der Waals surface area contributed by atoms with Crippen molar-refractivity contribution in [3.63, 3.8) is 0 Å². The van der Waals surface area contributed by atoms with Crippen molar-refractivity contribution >= 4 is 17.8 Å². The maximum Gasteiger partial charge on any atom is 0.393 e.